The monoisotopic (exact) mass is 490 g/mol. The normalized spacial score (nSPS) is 17.1. The Bertz CT molecular complexity index is 972. The molecule has 2 heterocycles. The van der Waals surface area contributed by atoms with Crippen molar-refractivity contribution in [3.8, 4) is 0 Å². The van der Waals surface area contributed by atoms with Gasteiger partial charge in [-0.15, -0.1) is 5.10 Å². The van der Waals surface area contributed by atoms with Crippen LogP contribution in [0, 0.1) is 0 Å². The third kappa shape index (κ3) is 5.93. The van der Waals surface area contributed by atoms with Crippen molar-refractivity contribution in [1.29, 1.82) is 0 Å². The highest BCUT2D eigenvalue weighted by atomic mass is 79.9. The Labute approximate surface area is 192 Å². The number of carbonyl (C=O) groups excluding carboxylic acids is 2. The molecule has 8 heteroatoms. The van der Waals surface area contributed by atoms with Gasteiger partial charge in [-0.25, -0.2) is 9.48 Å². The van der Waals surface area contributed by atoms with E-state index in [1.54, 1.807) is 15.8 Å². The van der Waals surface area contributed by atoms with Crippen molar-refractivity contribution in [1.82, 2.24) is 19.9 Å². The Hall–Kier alpha value is -2.22. The maximum absolute atomic E-state index is 13.0. The number of aromatic nitrogens is 3. The summed E-state index contributed by atoms with van der Waals surface area (Å²) in [5.74, 6) is -0.0529. The van der Waals surface area contributed by atoms with Gasteiger partial charge in [-0.05, 0) is 77.1 Å². The fraction of sp³-hybridized carbons (Fsp3) is 0.565. The lowest BCUT2D eigenvalue weighted by atomic mass is 9.88. The largest absolute Gasteiger partial charge is 0.444 e. The number of Topliss-reactive ketones (excluding diaryl/α,β-unsaturated/α-hetero) is 1. The second kappa shape index (κ2) is 8.73. The molecule has 1 aromatic carbocycles. The summed E-state index contributed by atoms with van der Waals surface area (Å²) >= 11 is 3.53. The average Bonchev–Trinajstić information content (AvgIpc) is 3.07. The highest BCUT2D eigenvalue weighted by molar-refractivity contribution is 9.10. The number of ketones is 1. The van der Waals surface area contributed by atoms with E-state index in [9.17, 15) is 9.59 Å². The fourth-order valence-corrected chi connectivity index (χ4v) is 4.01. The maximum Gasteiger partial charge on any atom is 0.410 e. The molecule has 3 rings (SSSR count). The van der Waals surface area contributed by atoms with Gasteiger partial charge >= 0.3 is 6.09 Å². The van der Waals surface area contributed by atoms with E-state index in [1.807, 2.05) is 59.7 Å². The van der Waals surface area contributed by atoms with Gasteiger partial charge in [0.1, 0.15) is 11.3 Å². The molecule has 0 N–H and O–H groups in total. The van der Waals surface area contributed by atoms with Crippen LogP contribution in [0.3, 0.4) is 0 Å². The average molecular weight is 491 g/mol. The number of hydrogen-bond acceptors (Lipinski definition) is 5. The number of carbonyl (C=O) groups is 2. The zero-order chi connectivity index (χ0) is 23.0. The lowest BCUT2D eigenvalue weighted by molar-refractivity contribution is 0.0235. The van der Waals surface area contributed by atoms with E-state index < -0.39 is 5.60 Å². The molecule has 0 saturated carbocycles. The zero-order valence-corrected chi connectivity index (χ0v) is 20.7. The van der Waals surface area contributed by atoms with Crippen molar-refractivity contribution < 1.29 is 14.3 Å². The first kappa shape index (κ1) is 23.4. The second-order valence-electron chi connectivity index (χ2n) is 10.1. The Morgan fingerprint density at radius 3 is 2.52 bits per heavy atom. The fourth-order valence-electron chi connectivity index (χ4n) is 3.60. The topological polar surface area (TPSA) is 77.3 Å². The minimum Gasteiger partial charge on any atom is -0.444 e. The SMILES string of the molecule is CC(C)(C)OC(=O)N1CCC(CC(=O)c2cn(C(C)(C)C)nn2)c2ccc(Br)cc2C1. The number of hydrogen-bond donors (Lipinski definition) is 0. The summed E-state index contributed by atoms with van der Waals surface area (Å²) in [5, 5.41) is 8.21. The van der Waals surface area contributed by atoms with Crippen molar-refractivity contribution in [2.24, 2.45) is 0 Å². The van der Waals surface area contributed by atoms with Crippen LogP contribution < -0.4 is 0 Å². The Kier molecular flexibility index (Phi) is 6.60. The summed E-state index contributed by atoms with van der Waals surface area (Å²) in [6, 6.07) is 6.04. The van der Waals surface area contributed by atoms with Crippen LogP contribution in [0.5, 0.6) is 0 Å². The molecule has 1 aliphatic rings. The zero-order valence-electron chi connectivity index (χ0n) is 19.1. The van der Waals surface area contributed by atoms with Crippen LogP contribution in [-0.2, 0) is 16.8 Å². The highest BCUT2D eigenvalue weighted by Gasteiger charge is 2.30. The number of fused-ring (bicyclic) bond motifs is 1. The molecule has 1 aromatic heterocycles. The molecule has 0 spiro atoms. The molecule has 168 valence electrons. The van der Waals surface area contributed by atoms with E-state index in [2.05, 4.69) is 26.2 Å². The Morgan fingerprint density at radius 1 is 1.19 bits per heavy atom. The molecule has 1 unspecified atom stereocenters. The molecule has 7 nitrogen and oxygen atoms in total. The summed E-state index contributed by atoms with van der Waals surface area (Å²) < 4.78 is 8.24. The van der Waals surface area contributed by atoms with Crippen molar-refractivity contribution in [3.05, 3.63) is 45.7 Å². The smallest absolute Gasteiger partial charge is 0.410 e. The molecule has 0 fully saturated rings. The lowest BCUT2D eigenvalue weighted by Gasteiger charge is -2.26. The van der Waals surface area contributed by atoms with Crippen LogP contribution >= 0.6 is 15.9 Å². The number of benzene rings is 1. The predicted octanol–water partition coefficient (Wildman–Crippen LogP) is 5.29. The van der Waals surface area contributed by atoms with Crippen LogP contribution in [0.2, 0.25) is 0 Å². The van der Waals surface area contributed by atoms with Gasteiger partial charge < -0.3 is 9.64 Å². The van der Waals surface area contributed by atoms with Gasteiger partial charge in [0.2, 0.25) is 0 Å². The highest BCUT2D eigenvalue weighted by Crippen LogP contribution is 2.34. The van der Waals surface area contributed by atoms with E-state index in [4.69, 9.17) is 4.74 Å². The van der Waals surface area contributed by atoms with Crippen molar-refractivity contribution in [2.45, 2.75) is 78.0 Å². The van der Waals surface area contributed by atoms with Gasteiger partial charge in [-0.3, -0.25) is 4.79 Å². The van der Waals surface area contributed by atoms with Gasteiger partial charge in [0.05, 0.1) is 11.7 Å². The first-order chi connectivity index (χ1) is 14.3. The lowest BCUT2D eigenvalue weighted by Crippen LogP contribution is -2.36. The summed E-state index contributed by atoms with van der Waals surface area (Å²) in [6.45, 7) is 12.6. The van der Waals surface area contributed by atoms with Crippen LogP contribution in [-0.4, -0.2) is 43.9 Å². The van der Waals surface area contributed by atoms with Gasteiger partial charge in [0.25, 0.3) is 0 Å². The molecule has 1 amide bonds. The maximum atomic E-state index is 13.0. The summed E-state index contributed by atoms with van der Waals surface area (Å²) in [5.41, 5.74) is 1.69. The van der Waals surface area contributed by atoms with Crippen LogP contribution in [0.1, 0.15) is 81.9 Å². The van der Waals surface area contributed by atoms with E-state index in [0.717, 1.165) is 15.6 Å². The minimum absolute atomic E-state index is 0.0113. The third-order valence-electron chi connectivity index (χ3n) is 5.20. The van der Waals surface area contributed by atoms with Crippen molar-refractivity contribution in [2.75, 3.05) is 6.54 Å². The van der Waals surface area contributed by atoms with E-state index in [0.29, 0.717) is 31.6 Å². The first-order valence-corrected chi connectivity index (χ1v) is 11.3. The minimum atomic E-state index is -0.558. The molecular formula is C23H31BrN4O3. The van der Waals surface area contributed by atoms with Crippen LogP contribution in [0.25, 0.3) is 0 Å². The number of halogens is 1. The van der Waals surface area contributed by atoms with Crippen molar-refractivity contribution in [3.63, 3.8) is 0 Å². The molecule has 0 bridgehead atoms. The molecule has 31 heavy (non-hydrogen) atoms. The molecule has 0 saturated heterocycles. The Morgan fingerprint density at radius 2 is 1.90 bits per heavy atom. The van der Waals surface area contributed by atoms with E-state index >= 15 is 0 Å². The number of amides is 1. The van der Waals surface area contributed by atoms with E-state index in [1.165, 1.54) is 0 Å². The number of ether oxygens (including phenoxy) is 1. The van der Waals surface area contributed by atoms with Gasteiger partial charge in [-0.2, -0.15) is 0 Å². The molecule has 2 aromatic rings. The first-order valence-electron chi connectivity index (χ1n) is 10.6. The molecule has 1 aliphatic heterocycles. The quantitative estimate of drug-likeness (QED) is 0.545. The molecule has 0 aliphatic carbocycles. The number of rotatable bonds is 3. The van der Waals surface area contributed by atoms with Crippen molar-refractivity contribution >= 4 is 27.8 Å². The van der Waals surface area contributed by atoms with Gasteiger partial charge in [0, 0.05) is 24.0 Å². The summed E-state index contributed by atoms with van der Waals surface area (Å²) in [7, 11) is 0. The molecule has 1 atom stereocenters. The predicted molar refractivity (Wildman–Crippen MR) is 122 cm³/mol. The van der Waals surface area contributed by atoms with Crippen LogP contribution in [0.4, 0.5) is 4.79 Å². The van der Waals surface area contributed by atoms with Crippen LogP contribution in [0.15, 0.2) is 28.9 Å². The standard InChI is InChI=1S/C23H31BrN4O3/c1-22(2,3)28-14-19(25-26-28)20(29)12-15-9-10-27(21(30)31-23(4,5)6)13-16-11-17(24)7-8-18(15)16/h7-8,11,14-15H,9-10,12-13H2,1-6H3. The summed E-state index contributed by atoms with van der Waals surface area (Å²) in [6.07, 6.45) is 2.37. The summed E-state index contributed by atoms with van der Waals surface area (Å²) in [4.78, 5) is 27.4. The Balaban J connectivity index is 1.82. The van der Waals surface area contributed by atoms with E-state index in [-0.39, 0.29) is 23.3 Å². The number of nitrogens with zero attached hydrogens (tertiary/aromatic N) is 4. The molecular weight excluding hydrogens is 460 g/mol. The van der Waals surface area contributed by atoms with Gasteiger partial charge in [-0.1, -0.05) is 27.2 Å². The van der Waals surface area contributed by atoms with Gasteiger partial charge in [0.15, 0.2) is 5.78 Å². The second-order valence-corrected chi connectivity index (χ2v) is 11.0. The molecule has 0 radical (unpaired) electrons. The third-order valence-corrected chi connectivity index (χ3v) is 5.70.